The zero-order valence-corrected chi connectivity index (χ0v) is 13.7. The van der Waals surface area contributed by atoms with Crippen LogP contribution >= 0.6 is 0 Å². The minimum absolute atomic E-state index is 0.286. The van der Waals surface area contributed by atoms with Crippen LogP contribution in [0.1, 0.15) is 72.1 Å². The number of hydrogen-bond acceptors (Lipinski definition) is 2. The van der Waals surface area contributed by atoms with Crippen LogP contribution in [0.4, 0.5) is 0 Å². The van der Waals surface area contributed by atoms with Gasteiger partial charge in [0.2, 0.25) is 0 Å². The highest BCUT2D eigenvalue weighted by atomic mass is 15.2. The maximum atomic E-state index is 9.47. The average Bonchev–Trinajstić information content (AvgIpc) is 2.54. The van der Waals surface area contributed by atoms with E-state index in [1.165, 1.54) is 58.0 Å². The standard InChI is InChI=1S/C18H32N2/c1-4-15-7-8-16(14-19)17(13-15)20-11-9-18(5-2,6-3)10-12-20/h15-17H,4-13H2,1-3H3. The van der Waals surface area contributed by atoms with Gasteiger partial charge in [-0.3, -0.25) is 4.90 Å². The normalized spacial score (nSPS) is 34.6. The first-order chi connectivity index (χ1) is 9.68. The van der Waals surface area contributed by atoms with Crippen molar-refractivity contribution >= 4 is 0 Å². The van der Waals surface area contributed by atoms with Crippen molar-refractivity contribution in [2.75, 3.05) is 13.1 Å². The lowest BCUT2D eigenvalue weighted by Gasteiger charge is -2.47. The van der Waals surface area contributed by atoms with Gasteiger partial charge in [-0.05, 0) is 56.5 Å². The van der Waals surface area contributed by atoms with E-state index in [-0.39, 0.29) is 5.92 Å². The first-order valence-electron chi connectivity index (χ1n) is 8.81. The molecule has 1 heterocycles. The topological polar surface area (TPSA) is 27.0 Å². The lowest BCUT2D eigenvalue weighted by molar-refractivity contribution is 0.0293. The highest BCUT2D eigenvalue weighted by molar-refractivity contribution is 4.99. The van der Waals surface area contributed by atoms with Crippen LogP contribution in [0, 0.1) is 28.6 Å². The maximum absolute atomic E-state index is 9.47. The summed E-state index contributed by atoms with van der Waals surface area (Å²) in [5, 5.41) is 9.47. The Balaban J connectivity index is 1.98. The van der Waals surface area contributed by atoms with Crippen LogP contribution in [0.5, 0.6) is 0 Å². The van der Waals surface area contributed by atoms with Gasteiger partial charge in [-0.15, -0.1) is 0 Å². The lowest BCUT2D eigenvalue weighted by atomic mass is 9.72. The Kier molecular flexibility index (Phi) is 5.49. The molecule has 0 bridgehead atoms. The van der Waals surface area contributed by atoms with Gasteiger partial charge in [0.1, 0.15) is 0 Å². The van der Waals surface area contributed by atoms with Gasteiger partial charge in [0.15, 0.2) is 0 Å². The molecule has 3 atom stereocenters. The predicted molar refractivity (Wildman–Crippen MR) is 84.3 cm³/mol. The first-order valence-corrected chi connectivity index (χ1v) is 8.81. The molecule has 2 rings (SSSR count). The van der Waals surface area contributed by atoms with E-state index in [4.69, 9.17) is 0 Å². The van der Waals surface area contributed by atoms with E-state index >= 15 is 0 Å². The second-order valence-electron chi connectivity index (χ2n) is 7.13. The van der Waals surface area contributed by atoms with E-state index in [9.17, 15) is 5.26 Å². The summed E-state index contributed by atoms with van der Waals surface area (Å²) in [4.78, 5) is 2.67. The molecular formula is C18H32N2. The highest BCUT2D eigenvalue weighted by Crippen LogP contribution is 2.41. The molecule has 2 heteroatoms. The summed E-state index contributed by atoms with van der Waals surface area (Å²) in [6.07, 6.45) is 10.3. The van der Waals surface area contributed by atoms with Gasteiger partial charge in [0, 0.05) is 6.04 Å². The third kappa shape index (κ3) is 3.19. The smallest absolute Gasteiger partial charge is 0.0672 e. The molecular weight excluding hydrogens is 244 g/mol. The van der Waals surface area contributed by atoms with Gasteiger partial charge >= 0.3 is 0 Å². The molecule has 0 aromatic heterocycles. The van der Waals surface area contributed by atoms with Crippen molar-refractivity contribution in [1.29, 1.82) is 5.26 Å². The van der Waals surface area contributed by atoms with Gasteiger partial charge in [-0.1, -0.05) is 40.0 Å². The van der Waals surface area contributed by atoms with Gasteiger partial charge < -0.3 is 0 Å². The number of likely N-dealkylation sites (tertiary alicyclic amines) is 1. The maximum Gasteiger partial charge on any atom is 0.0672 e. The molecule has 20 heavy (non-hydrogen) atoms. The fourth-order valence-electron chi connectivity index (χ4n) is 4.44. The molecule has 0 aromatic carbocycles. The van der Waals surface area contributed by atoms with Gasteiger partial charge in [0.05, 0.1) is 12.0 Å². The number of rotatable bonds is 4. The number of nitriles is 1. The van der Waals surface area contributed by atoms with E-state index in [0.29, 0.717) is 11.5 Å². The molecule has 2 aliphatic rings. The van der Waals surface area contributed by atoms with E-state index < -0.39 is 0 Å². The Bertz CT molecular complexity index is 330. The molecule has 0 amide bonds. The van der Waals surface area contributed by atoms with Crippen LogP contribution in [-0.4, -0.2) is 24.0 Å². The summed E-state index contributed by atoms with van der Waals surface area (Å²) in [6.45, 7) is 9.46. The van der Waals surface area contributed by atoms with E-state index in [1.807, 2.05) is 0 Å². The van der Waals surface area contributed by atoms with Crippen LogP contribution in [-0.2, 0) is 0 Å². The number of hydrogen-bond donors (Lipinski definition) is 0. The quantitative estimate of drug-likeness (QED) is 0.750. The van der Waals surface area contributed by atoms with E-state index in [2.05, 4.69) is 31.7 Å². The minimum Gasteiger partial charge on any atom is -0.299 e. The third-order valence-corrected chi connectivity index (χ3v) is 6.50. The van der Waals surface area contributed by atoms with Crippen molar-refractivity contribution in [1.82, 2.24) is 4.90 Å². The lowest BCUT2D eigenvalue weighted by Crippen LogP contribution is -2.49. The van der Waals surface area contributed by atoms with E-state index in [0.717, 1.165) is 12.3 Å². The molecule has 0 N–H and O–H groups in total. The summed E-state index contributed by atoms with van der Waals surface area (Å²) in [5.74, 6) is 1.14. The van der Waals surface area contributed by atoms with Crippen molar-refractivity contribution in [3.8, 4) is 6.07 Å². The fourth-order valence-corrected chi connectivity index (χ4v) is 4.44. The predicted octanol–water partition coefficient (Wildman–Crippen LogP) is 4.61. The third-order valence-electron chi connectivity index (χ3n) is 6.50. The molecule has 0 spiro atoms. The Morgan fingerprint density at radius 3 is 2.25 bits per heavy atom. The minimum atomic E-state index is 0.286. The van der Waals surface area contributed by atoms with E-state index in [1.54, 1.807) is 0 Å². The molecule has 3 unspecified atom stereocenters. The Morgan fingerprint density at radius 2 is 1.75 bits per heavy atom. The highest BCUT2D eigenvalue weighted by Gasteiger charge is 2.38. The zero-order chi connectivity index (χ0) is 14.6. The fraction of sp³-hybridized carbons (Fsp3) is 0.944. The van der Waals surface area contributed by atoms with Crippen LogP contribution in [0.2, 0.25) is 0 Å². The van der Waals surface area contributed by atoms with Gasteiger partial charge in [-0.25, -0.2) is 0 Å². The summed E-state index contributed by atoms with van der Waals surface area (Å²) in [6, 6.07) is 3.15. The van der Waals surface area contributed by atoms with Crippen LogP contribution in [0.3, 0.4) is 0 Å². The molecule has 2 nitrogen and oxygen atoms in total. The van der Waals surface area contributed by atoms with Crippen molar-refractivity contribution in [2.24, 2.45) is 17.3 Å². The van der Waals surface area contributed by atoms with Crippen molar-refractivity contribution in [2.45, 2.75) is 78.2 Å². The Labute approximate surface area is 125 Å². The average molecular weight is 276 g/mol. The number of piperidine rings is 1. The molecule has 1 saturated heterocycles. The molecule has 114 valence electrons. The molecule has 0 radical (unpaired) electrons. The van der Waals surface area contributed by atoms with Crippen molar-refractivity contribution in [3.63, 3.8) is 0 Å². The van der Waals surface area contributed by atoms with Crippen LogP contribution in [0.25, 0.3) is 0 Å². The largest absolute Gasteiger partial charge is 0.299 e. The van der Waals surface area contributed by atoms with Gasteiger partial charge in [-0.2, -0.15) is 5.26 Å². The molecule has 1 saturated carbocycles. The van der Waals surface area contributed by atoms with Crippen LogP contribution in [0.15, 0.2) is 0 Å². The molecule has 2 fully saturated rings. The monoisotopic (exact) mass is 276 g/mol. The second kappa shape index (κ2) is 6.94. The van der Waals surface area contributed by atoms with Crippen molar-refractivity contribution in [3.05, 3.63) is 0 Å². The second-order valence-corrected chi connectivity index (χ2v) is 7.13. The summed E-state index contributed by atoms with van der Waals surface area (Å²) in [7, 11) is 0. The zero-order valence-electron chi connectivity index (χ0n) is 13.7. The Hall–Kier alpha value is -0.550. The molecule has 1 aliphatic heterocycles. The number of nitrogens with zero attached hydrogens (tertiary/aromatic N) is 2. The van der Waals surface area contributed by atoms with Crippen molar-refractivity contribution < 1.29 is 0 Å². The molecule has 0 aromatic rings. The van der Waals surface area contributed by atoms with Crippen LogP contribution < -0.4 is 0 Å². The van der Waals surface area contributed by atoms with Gasteiger partial charge in [0.25, 0.3) is 0 Å². The summed E-state index contributed by atoms with van der Waals surface area (Å²) < 4.78 is 0. The summed E-state index contributed by atoms with van der Waals surface area (Å²) >= 11 is 0. The SMILES string of the molecule is CCC1CCC(C#N)C(N2CCC(CC)(CC)CC2)C1. The first kappa shape index (κ1) is 15.8. The molecule has 1 aliphatic carbocycles. The summed E-state index contributed by atoms with van der Waals surface area (Å²) in [5.41, 5.74) is 0.595. The Morgan fingerprint density at radius 1 is 1.10 bits per heavy atom.